The van der Waals surface area contributed by atoms with Gasteiger partial charge in [0.15, 0.2) is 10.3 Å². The van der Waals surface area contributed by atoms with Crippen LogP contribution in [0.1, 0.15) is 12.6 Å². The summed E-state index contributed by atoms with van der Waals surface area (Å²) in [5.74, 6) is -0.0884. The van der Waals surface area contributed by atoms with Crippen molar-refractivity contribution in [3.63, 3.8) is 0 Å². The Balaban J connectivity index is 0.00000208. The Labute approximate surface area is 153 Å². The minimum atomic E-state index is -0.0884. The second kappa shape index (κ2) is 7.61. The van der Waals surface area contributed by atoms with E-state index in [-0.39, 0.29) is 18.3 Å². The van der Waals surface area contributed by atoms with E-state index in [1.54, 1.807) is 0 Å². The SMILES string of the molecule is CC(=O)Nc1ccc(Nc2nc(-c3sc(N)nc3C)cs2)cc1.Cl. The first-order valence-electron chi connectivity index (χ1n) is 6.85. The van der Waals surface area contributed by atoms with Crippen LogP contribution in [0.2, 0.25) is 0 Å². The Bertz CT molecular complexity index is 844. The van der Waals surface area contributed by atoms with Gasteiger partial charge in [0.25, 0.3) is 0 Å². The van der Waals surface area contributed by atoms with Gasteiger partial charge in [-0.2, -0.15) is 0 Å². The molecule has 0 unspecified atom stereocenters. The topological polar surface area (TPSA) is 92.9 Å². The van der Waals surface area contributed by atoms with Gasteiger partial charge in [0.2, 0.25) is 5.91 Å². The van der Waals surface area contributed by atoms with E-state index in [9.17, 15) is 4.79 Å². The summed E-state index contributed by atoms with van der Waals surface area (Å²) < 4.78 is 0. The number of nitrogens with one attached hydrogen (secondary N) is 2. The summed E-state index contributed by atoms with van der Waals surface area (Å²) in [5, 5.41) is 9.30. The number of carbonyl (C=O) groups is 1. The predicted molar refractivity (Wildman–Crippen MR) is 104 cm³/mol. The fourth-order valence-corrected chi connectivity index (χ4v) is 3.64. The van der Waals surface area contributed by atoms with Crippen molar-refractivity contribution >= 4 is 62.6 Å². The lowest BCUT2D eigenvalue weighted by molar-refractivity contribution is -0.114. The number of hydrogen-bond donors (Lipinski definition) is 3. The Morgan fingerprint density at radius 2 is 1.83 bits per heavy atom. The van der Waals surface area contributed by atoms with E-state index in [2.05, 4.69) is 20.6 Å². The molecule has 0 atom stereocenters. The number of hydrogen-bond acceptors (Lipinski definition) is 7. The number of anilines is 4. The van der Waals surface area contributed by atoms with E-state index < -0.39 is 0 Å². The van der Waals surface area contributed by atoms with Crippen molar-refractivity contribution in [2.45, 2.75) is 13.8 Å². The molecule has 1 aromatic carbocycles. The standard InChI is InChI=1S/C15H15N5OS2.ClH/c1-8-13(23-14(16)17-8)12-7-22-15(20-12)19-11-5-3-10(4-6-11)18-9(2)21;/h3-7H,1-2H3,(H2,16,17)(H,18,21)(H,19,20);1H. The number of thiazole rings is 2. The molecule has 0 aliphatic carbocycles. The molecule has 1 amide bonds. The van der Waals surface area contributed by atoms with Crippen LogP contribution in [-0.2, 0) is 4.79 Å². The number of carbonyl (C=O) groups excluding carboxylic acids is 1. The van der Waals surface area contributed by atoms with Crippen molar-refractivity contribution in [2.24, 2.45) is 0 Å². The summed E-state index contributed by atoms with van der Waals surface area (Å²) >= 11 is 2.96. The van der Waals surface area contributed by atoms with Gasteiger partial charge in [-0.25, -0.2) is 9.97 Å². The van der Waals surface area contributed by atoms with Crippen LogP contribution < -0.4 is 16.4 Å². The van der Waals surface area contributed by atoms with Crippen LogP contribution >= 0.6 is 35.1 Å². The van der Waals surface area contributed by atoms with E-state index in [1.165, 1.54) is 29.6 Å². The number of nitrogen functional groups attached to an aromatic ring is 1. The van der Waals surface area contributed by atoms with Crippen LogP contribution in [-0.4, -0.2) is 15.9 Å². The van der Waals surface area contributed by atoms with Gasteiger partial charge in [0.05, 0.1) is 16.3 Å². The Morgan fingerprint density at radius 3 is 2.42 bits per heavy atom. The number of nitrogens with zero attached hydrogens (tertiary/aromatic N) is 2. The highest BCUT2D eigenvalue weighted by Gasteiger charge is 2.12. The van der Waals surface area contributed by atoms with Crippen molar-refractivity contribution in [2.75, 3.05) is 16.4 Å². The van der Waals surface area contributed by atoms with Crippen molar-refractivity contribution in [1.82, 2.24) is 9.97 Å². The highest BCUT2D eigenvalue weighted by molar-refractivity contribution is 7.19. The zero-order valence-corrected chi connectivity index (χ0v) is 15.4. The van der Waals surface area contributed by atoms with E-state index in [0.717, 1.165) is 32.8 Å². The molecule has 3 rings (SSSR count). The summed E-state index contributed by atoms with van der Waals surface area (Å²) in [5.41, 5.74) is 9.17. The summed E-state index contributed by atoms with van der Waals surface area (Å²) in [6, 6.07) is 7.46. The number of rotatable bonds is 4. The second-order valence-corrected chi connectivity index (χ2v) is 6.78. The average Bonchev–Trinajstić information content (AvgIpc) is 3.07. The summed E-state index contributed by atoms with van der Waals surface area (Å²) in [6.45, 7) is 3.41. The fourth-order valence-electron chi connectivity index (χ4n) is 2.05. The van der Waals surface area contributed by atoms with E-state index in [0.29, 0.717) is 5.13 Å². The number of benzene rings is 1. The average molecular weight is 382 g/mol. The zero-order valence-electron chi connectivity index (χ0n) is 13.0. The molecule has 0 spiro atoms. The summed E-state index contributed by atoms with van der Waals surface area (Å²) in [4.78, 5) is 20.8. The van der Waals surface area contributed by atoms with Crippen LogP contribution in [0.4, 0.5) is 21.6 Å². The molecule has 0 saturated carbocycles. The Morgan fingerprint density at radius 1 is 1.17 bits per heavy atom. The molecule has 2 aromatic heterocycles. The zero-order chi connectivity index (χ0) is 16.4. The number of aryl methyl sites for hydroxylation is 1. The normalized spacial score (nSPS) is 10.1. The van der Waals surface area contributed by atoms with Gasteiger partial charge >= 0.3 is 0 Å². The van der Waals surface area contributed by atoms with Gasteiger partial charge in [-0.1, -0.05) is 11.3 Å². The van der Waals surface area contributed by atoms with Crippen molar-refractivity contribution in [3.8, 4) is 10.6 Å². The van der Waals surface area contributed by atoms with Crippen LogP contribution in [0.15, 0.2) is 29.6 Å². The molecule has 126 valence electrons. The quantitative estimate of drug-likeness (QED) is 0.627. The molecular weight excluding hydrogens is 366 g/mol. The molecule has 0 bridgehead atoms. The molecule has 0 saturated heterocycles. The second-order valence-electron chi connectivity index (χ2n) is 4.89. The molecule has 24 heavy (non-hydrogen) atoms. The van der Waals surface area contributed by atoms with Gasteiger partial charge in [0.1, 0.15) is 0 Å². The maximum atomic E-state index is 11.0. The third-order valence-electron chi connectivity index (χ3n) is 3.01. The lowest BCUT2D eigenvalue weighted by Gasteiger charge is -2.05. The van der Waals surface area contributed by atoms with Crippen molar-refractivity contribution in [3.05, 3.63) is 35.3 Å². The number of aromatic nitrogens is 2. The summed E-state index contributed by atoms with van der Waals surface area (Å²) in [7, 11) is 0. The van der Waals surface area contributed by atoms with E-state index >= 15 is 0 Å². The molecule has 2 heterocycles. The summed E-state index contributed by atoms with van der Waals surface area (Å²) in [6.07, 6.45) is 0. The van der Waals surface area contributed by atoms with E-state index in [1.807, 2.05) is 36.6 Å². The molecule has 0 radical (unpaired) electrons. The maximum Gasteiger partial charge on any atom is 0.221 e. The first-order chi connectivity index (χ1) is 11.0. The predicted octanol–water partition coefficient (Wildman–Crippen LogP) is 4.28. The number of nitrogens with two attached hydrogens (primary N) is 1. The molecule has 6 nitrogen and oxygen atoms in total. The number of amides is 1. The lowest BCUT2D eigenvalue weighted by atomic mass is 10.3. The molecule has 0 aliphatic heterocycles. The van der Waals surface area contributed by atoms with Crippen LogP contribution in [0.3, 0.4) is 0 Å². The van der Waals surface area contributed by atoms with Gasteiger partial charge in [0, 0.05) is 23.7 Å². The van der Waals surface area contributed by atoms with Gasteiger partial charge in [-0.05, 0) is 31.2 Å². The van der Waals surface area contributed by atoms with Crippen molar-refractivity contribution in [1.29, 1.82) is 0 Å². The number of halogens is 1. The Hall–Kier alpha value is -2.16. The molecule has 3 aromatic rings. The highest BCUT2D eigenvalue weighted by atomic mass is 35.5. The molecule has 4 N–H and O–H groups in total. The van der Waals surface area contributed by atoms with Crippen LogP contribution in [0.5, 0.6) is 0 Å². The molecule has 0 aliphatic rings. The van der Waals surface area contributed by atoms with Gasteiger partial charge in [-0.15, -0.1) is 23.7 Å². The smallest absolute Gasteiger partial charge is 0.221 e. The Kier molecular flexibility index (Phi) is 5.76. The monoisotopic (exact) mass is 381 g/mol. The first-order valence-corrected chi connectivity index (χ1v) is 8.54. The molecule has 9 heteroatoms. The molecular formula is C15H16ClN5OS2. The third kappa shape index (κ3) is 4.22. The highest BCUT2D eigenvalue weighted by Crippen LogP contribution is 2.34. The lowest BCUT2D eigenvalue weighted by Crippen LogP contribution is -2.05. The van der Waals surface area contributed by atoms with Gasteiger partial charge in [-0.3, -0.25) is 4.79 Å². The third-order valence-corrected chi connectivity index (χ3v) is 4.77. The maximum absolute atomic E-state index is 11.0. The van der Waals surface area contributed by atoms with Crippen LogP contribution in [0, 0.1) is 6.92 Å². The molecule has 0 fully saturated rings. The largest absolute Gasteiger partial charge is 0.375 e. The minimum absolute atomic E-state index is 0. The van der Waals surface area contributed by atoms with E-state index in [4.69, 9.17) is 5.73 Å². The minimum Gasteiger partial charge on any atom is -0.375 e. The van der Waals surface area contributed by atoms with Crippen LogP contribution in [0.25, 0.3) is 10.6 Å². The van der Waals surface area contributed by atoms with Crippen molar-refractivity contribution < 1.29 is 4.79 Å². The van der Waals surface area contributed by atoms with Gasteiger partial charge < -0.3 is 16.4 Å². The fraction of sp³-hybridized carbons (Fsp3) is 0.133. The first kappa shape index (κ1) is 18.2.